The Bertz CT molecular complexity index is 964. The van der Waals surface area contributed by atoms with Crippen LogP contribution in [-0.2, 0) is 9.53 Å². The van der Waals surface area contributed by atoms with Gasteiger partial charge in [-0.3, -0.25) is 14.7 Å². The second-order valence-electron chi connectivity index (χ2n) is 8.10. The minimum atomic E-state index is -0.701. The predicted molar refractivity (Wildman–Crippen MR) is 104 cm³/mol. The maximum Gasteiger partial charge on any atom is 0.410 e. The van der Waals surface area contributed by atoms with Crippen LogP contribution in [0.3, 0.4) is 0 Å². The van der Waals surface area contributed by atoms with E-state index in [2.05, 4.69) is 15.3 Å². The average molecular weight is 416 g/mol. The number of carbonyl (C=O) groups is 2. The Balaban J connectivity index is 1.39. The predicted octanol–water partition coefficient (Wildman–Crippen LogP) is 3.62. The number of cyclic esters (lactones) is 1. The number of anilines is 1. The molecule has 0 bridgehead atoms. The van der Waals surface area contributed by atoms with Gasteiger partial charge in [-0.2, -0.15) is 0 Å². The molecule has 0 saturated carbocycles. The van der Waals surface area contributed by atoms with Crippen molar-refractivity contribution in [1.82, 2.24) is 14.9 Å². The van der Waals surface area contributed by atoms with Gasteiger partial charge in [0.2, 0.25) is 5.91 Å². The maximum absolute atomic E-state index is 13.4. The van der Waals surface area contributed by atoms with E-state index in [1.54, 1.807) is 4.90 Å². The van der Waals surface area contributed by atoms with E-state index < -0.39 is 17.2 Å². The summed E-state index contributed by atoms with van der Waals surface area (Å²) in [5, 5.41) is 2.72. The minimum Gasteiger partial charge on any atom is -0.447 e. The van der Waals surface area contributed by atoms with Crippen LogP contribution >= 0.6 is 0 Å². The van der Waals surface area contributed by atoms with Gasteiger partial charge in [0.15, 0.2) is 5.82 Å². The zero-order chi connectivity index (χ0) is 21.5. The van der Waals surface area contributed by atoms with Gasteiger partial charge in [0.05, 0.1) is 23.6 Å². The van der Waals surface area contributed by atoms with Gasteiger partial charge in [0, 0.05) is 24.6 Å². The van der Waals surface area contributed by atoms with Crippen LogP contribution in [0.5, 0.6) is 0 Å². The monoisotopic (exact) mass is 416 g/mol. The van der Waals surface area contributed by atoms with Crippen molar-refractivity contribution in [2.75, 3.05) is 18.5 Å². The lowest BCUT2D eigenvalue weighted by Crippen LogP contribution is -2.56. The Morgan fingerprint density at radius 2 is 2.00 bits per heavy atom. The topological polar surface area (TPSA) is 84.4 Å². The summed E-state index contributed by atoms with van der Waals surface area (Å²) in [5.74, 6) is -1.15. The Labute approximate surface area is 172 Å². The van der Waals surface area contributed by atoms with Gasteiger partial charge < -0.3 is 10.1 Å². The van der Waals surface area contributed by atoms with Crippen LogP contribution in [-0.4, -0.2) is 45.6 Å². The zero-order valence-corrected chi connectivity index (χ0v) is 16.7. The number of ether oxygens (including phenoxy) is 1. The number of halogens is 2. The van der Waals surface area contributed by atoms with E-state index in [0.29, 0.717) is 18.8 Å². The number of hydrogen-bond acceptors (Lipinski definition) is 5. The Hall–Kier alpha value is -3.10. The molecule has 0 radical (unpaired) electrons. The van der Waals surface area contributed by atoms with Gasteiger partial charge in [-0.05, 0) is 37.3 Å². The minimum absolute atomic E-state index is 0.0970. The van der Waals surface area contributed by atoms with E-state index in [9.17, 15) is 18.4 Å². The molecule has 9 heteroatoms. The van der Waals surface area contributed by atoms with Crippen molar-refractivity contribution in [3.8, 4) is 11.3 Å². The van der Waals surface area contributed by atoms with Crippen LogP contribution in [0.4, 0.5) is 19.4 Å². The number of aromatic nitrogens is 2. The molecule has 1 aromatic carbocycles. The van der Waals surface area contributed by atoms with Crippen LogP contribution < -0.4 is 5.32 Å². The molecule has 2 aromatic rings. The van der Waals surface area contributed by atoms with Gasteiger partial charge in [0.1, 0.15) is 18.2 Å². The molecule has 1 aromatic heterocycles. The fourth-order valence-electron chi connectivity index (χ4n) is 4.30. The second kappa shape index (κ2) is 7.62. The lowest BCUT2D eigenvalue weighted by molar-refractivity contribution is -0.118. The maximum atomic E-state index is 13.4. The second-order valence-corrected chi connectivity index (χ2v) is 8.10. The van der Waals surface area contributed by atoms with Crippen LogP contribution in [0, 0.1) is 23.5 Å². The molecule has 158 valence electrons. The fraction of sp³-hybridized carbons (Fsp3) is 0.429. The number of carbonyl (C=O) groups excluding carboxylic acids is 2. The number of rotatable bonds is 4. The highest BCUT2D eigenvalue weighted by atomic mass is 19.1. The smallest absolute Gasteiger partial charge is 0.410 e. The zero-order valence-electron chi connectivity index (χ0n) is 16.7. The molecule has 2 amide bonds. The third-order valence-electron chi connectivity index (χ3n) is 6.26. The van der Waals surface area contributed by atoms with Crippen LogP contribution in [0.25, 0.3) is 11.3 Å². The Morgan fingerprint density at radius 1 is 1.27 bits per heavy atom. The van der Waals surface area contributed by atoms with E-state index in [4.69, 9.17) is 4.74 Å². The number of nitrogens with zero attached hydrogens (tertiary/aromatic N) is 3. The highest BCUT2D eigenvalue weighted by Crippen LogP contribution is 2.42. The van der Waals surface area contributed by atoms with Crippen molar-refractivity contribution in [2.24, 2.45) is 11.8 Å². The van der Waals surface area contributed by atoms with Gasteiger partial charge in [-0.15, -0.1) is 0 Å². The number of piperidine rings is 1. The number of benzene rings is 1. The summed E-state index contributed by atoms with van der Waals surface area (Å²) in [6.45, 7) is 4.93. The number of fused-ring (bicyclic) bond motifs is 1. The fourth-order valence-corrected chi connectivity index (χ4v) is 4.30. The quantitative estimate of drug-likeness (QED) is 0.823. The summed E-state index contributed by atoms with van der Waals surface area (Å²) in [7, 11) is 0. The molecule has 30 heavy (non-hydrogen) atoms. The first-order chi connectivity index (χ1) is 14.3. The number of amides is 2. The molecular weight excluding hydrogens is 394 g/mol. The number of hydrogen-bond donors (Lipinski definition) is 1. The van der Waals surface area contributed by atoms with Crippen molar-refractivity contribution >= 4 is 17.8 Å². The molecule has 1 N–H and O–H groups in total. The van der Waals surface area contributed by atoms with Crippen molar-refractivity contribution in [3.63, 3.8) is 0 Å². The Kier molecular flexibility index (Phi) is 5.13. The molecule has 3 unspecified atom stereocenters. The average Bonchev–Trinajstić information content (AvgIpc) is 3.00. The molecule has 2 fully saturated rings. The molecule has 7 nitrogen and oxygen atoms in total. The number of nitrogens with one attached hydrogen (secondary N) is 1. The lowest BCUT2D eigenvalue weighted by atomic mass is 9.72. The first-order valence-corrected chi connectivity index (χ1v) is 9.79. The summed E-state index contributed by atoms with van der Waals surface area (Å²) >= 11 is 0. The summed E-state index contributed by atoms with van der Waals surface area (Å²) in [4.78, 5) is 34.4. The molecule has 2 aliphatic rings. The summed E-state index contributed by atoms with van der Waals surface area (Å²) in [5.41, 5.74) is 0.161. The Morgan fingerprint density at radius 3 is 2.67 bits per heavy atom. The summed E-state index contributed by atoms with van der Waals surface area (Å²) < 4.78 is 32.0. The lowest BCUT2D eigenvalue weighted by Gasteiger charge is -2.46. The molecule has 3 atom stereocenters. The SMILES string of the molecule is CC1C(CC(=O)Nc2cnc(-c3cc(F)cc(F)c3)cn2)CCN2C(=O)OCC12C. The molecule has 3 heterocycles. The van der Waals surface area contributed by atoms with Crippen LogP contribution in [0.1, 0.15) is 26.7 Å². The first-order valence-electron chi connectivity index (χ1n) is 9.79. The van der Waals surface area contributed by atoms with Crippen LogP contribution in [0.15, 0.2) is 30.6 Å². The van der Waals surface area contributed by atoms with Gasteiger partial charge in [0.25, 0.3) is 0 Å². The van der Waals surface area contributed by atoms with Gasteiger partial charge in [-0.1, -0.05) is 6.92 Å². The highest BCUT2D eigenvalue weighted by molar-refractivity contribution is 5.89. The van der Waals surface area contributed by atoms with E-state index in [1.807, 2.05) is 13.8 Å². The molecule has 2 saturated heterocycles. The molecule has 2 aliphatic heterocycles. The van der Waals surface area contributed by atoms with Gasteiger partial charge >= 0.3 is 6.09 Å². The molecule has 4 rings (SSSR count). The molecular formula is C21H22F2N4O3. The standard InChI is InChI=1S/C21H22F2N4O3/c1-12-13(3-4-27-20(29)30-11-21(12,27)2)7-19(28)26-18-10-24-17(9-25-18)14-5-15(22)8-16(23)6-14/h5-6,8-10,12-13H,3-4,7,11H2,1-2H3,(H,25,26,28). The summed E-state index contributed by atoms with van der Waals surface area (Å²) in [6.07, 6.45) is 3.42. The highest BCUT2D eigenvalue weighted by Gasteiger charge is 2.52. The van der Waals surface area contributed by atoms with E-state index in [1.165, 1.54) is 12.4 Å². The normalized spacial score (nSPS) is 25.6. The third kappa shape index (κ3) is 3.71. The first kappa shape index (κ1) is 20.2. The molecule has 0 aliphatic carbocycles. The van der Waals surface area contributed by atoms with Crippen LogP contribution in [0.2, 0.25) is 0 Å². The van der Waals surface area contributed by atoms with E-state index >= 15 is 0 Å². The van der Waals surface area contributed by atoms with E-state index in [-0.39, 0.29) is 41.6 Å². The summed E-state index contributed by atoms with van der Waals surface area (Å²) in [6, 6.07) is 3.11. The van der Waals surface area contributed by atoms with Crippen molar-refractivity contribution in [1.29, 1.82) is 0 Å². The van der Waals surface area contributed by atoms with Crippen molar-refractivity contribution in [2.45, 2.75) is 32.2 Å². The third-order valence-corrected chi connectivity index (χ3v) is 6.26. The van der Waals surface area contributed by atoms with Crippen molar-refractivity contribution in [3.05, 3.63) is 42.2 Å². The molecule has 0 spiro atoms. The van der Waals surface area contributed by atoms with E-state index in [0.717, 1.165) is 24.6 Å². The van der Waals surface area contributed by atoms with Crippen molar-refractivity contribution < 1.29 is 23.1 Å². The largest absolute Gasteiger partial charge is 0.447 e. The van der Waals surface area contributed by atoms with Gasteiger partial charge in [-0.25, -0.2) is 18.6 Å².